The van der Waals surface area contributed by atoms with Crippen molar-refractivity contribution in [3.8, 4) is 0 Å². The largest absolute Gasteiger partial charge is 0.366 e. The van der Waals surface area contributed by atoms with Crippen LogP contribution >= 0.6 is 11.3 Å². The molecule has 0 spiro atoms. The van der Waals surface area contributed by atoms with Crippen LogP contribution in [0.25, 0.3) is 0 Å². The van der Waals surface area contributed by atoms with Gasteiger partial charge in [0.25, 0.3) is 5.91 Å². The summed E-state index contributed by atoms with van der Waals surface area (Å²) in [6, 6.07) is 21.1. The molecule has 0 aliphatic carbocycles. The lowest BCUT2D eigenvalue weighted by Gasteiger charge is -2.34. The lowest BCUT2D eigenvalue weighted by atomic mass is 9.94. The van der Waals surface area contributed by atoms with Gasteiger partial charge in [0, 0.05) is 22.4 Å². The molecule has 3 nitrogen and oxygen atoms in total. The number of rotatable bonds is 4. The Morgan fingerprint density at radius 3 is 2.46 bits per heavy atom. The number of benzene rings is 2. The van der Waals surface area contributed by atoms with E-state index in [-0.39, 0.29) is 5.91 Å². The Kier molecular flexibility index (Phi) is 3.71. The highest BCUT2D eigenvalue weighted by Gasteiger charge is 2.48. The second-order valence-electron chi connectivity index (χ2n) is 6.00. The van der Waals surface area contributed by atoms with E-state index in [1.165, 1.54) is 0 Å². The molecule has 0 saturated heterocycles. The molecule has 1 atom stereocenters. The molecule has 4 rings (SSSR count). The number of nitrogens with zero attached hydrogens (tertiary/aromatic N) is 1. The molecule has 1 unspecified atom stereocenters. The van der Waals surface area contributed by atoms with Crippen molar-refractivity contribution >= 4 is 17.2 Å². The second kappa shape index (κ2) is 5.89. The summed E-state index contributed by atoms with van der Waals surface area (Å²) in [5.41, 5.74) is 0.961. The van der Waals surface area contributed by atoms with E-state index < -0.39 is 5.72 Å². The van der Waals surface area contributed by atoms with Crippen LogP contribution in [-0.4, -0.2) is 15.9 Å². The third-order valence-corrected chi connectivity index (χ3v) is 5.33. The topological polar surface area (TPSA) is 40.5 Å². The lowest BCUT2D eigenvalue weighted by Crippen LogP contribution is -2.44. The molecule has 1 amide bonds. The number of fused-ring (bicyclic) bond motifs is 1. The number of amides is 1. The highest BCUT2D eigenvalue weighted by atomic mass is 32.1. The van der Waals surface area contributed by atoms with Gasteiger partial charge in [-0.15, -0.1) is 11.3 Å². The quantitative estimate of drug-likeness (QED) is 0.788. The molecule has 0 saturated carbocycles. The van der Waals surface area contributed by atoms with Gasteiger partial charge in [-0.3, -0.25) is 4.79 Å². The molecule has 0 fully saturated rings. The van der Waals surface area contributed by atoms with E-state index in [1.807, 2.05) is 66.0 Å². The van der Waals surface area contributed by atoms with E-state index in [1.54, 1.807) is 22.3 Å². The zero-order valence-electron chi connectivity index (χ0n) is 13.1. The SMILES string of the molecule is O=C1c2ccccc2C(O)(Cc2ccccc2)N1Cc1cccs1. The predicted molar refractivity (Wildman–Crippen MR) is 94.7 cm³/mol. The maximum atomic E-state index is 12.9. The van der Waals surface area contributed by atoms with E-state index in [0.717, 1.165) is 10.4 Å². The highest BCUT2D eigenvalue weighted by Crippen LogP contribution is 2.40. The predicted octanol–water partition coefficient (Wildman–Crippen LogP) is 3.79. The molecule has 0 bridgehead atoms. The molecule has 24 heavy (non-hydrogen) atoms. The van der Waals surface area contributed by atoms with Gasteiger partial charge in [0.15, 0.2) is 5.72 Å². The maximum absolute atomic E-state index is 12.9. The van der Waals surface area contributed by atoms with Crippen LogP contribution in [-0.2, 0) is 18.7 Å². The van der Waals surface area contributed by atoms with Gasteiger partial charge >= 0.3 is 0 Å². The van der Waals surface area contributed by atoms with Crippen LogP contribution in [0.3, 0.4) is 0 Å². The molecule has 1 aliphatic heterocycles. The normalized spacial score (nSPS) is 19.5. The van der Waals surface area contributed by atoms with E-state index in [0.29, 0.717) is 24.1 Å². The summed E-state index contributed by atoms with van der Waals surface area (Å²) in [7, 11) is 0. The first-order valence-electron chi connectivity index (χ1n) is 7.89. The zero-order chi connectivity index (χ0) is 16.6. The van der Waals surface area contributed by atoms with E-state index >= 15 is 0 Å². The van der Waals surface area contributed by atoms with Crippen molar-refractivity contribution < 1.29 is 9.90 Å². The molecule has 2 heterocycles. The standard InChI is InChI=1S/C20H17NO2S/c22-19-17-10-4-5-11-18(17)20(23,13-15-7-2-1-3-8-15)21(19)14-16-9-6-12-24-16/h1-12,23H,13-14H2. The average Bonchev–Trinajstić information content (AvgIpc) is 3.19. The van der Waals surface area contributed by atoms with E-state index in [2.05, 4.69) is 0 Å². The van der Waals surface area contributed by atoms with Crippen LogP contribution in [0.5, 0.6) is 0 Å². The monoisotopic (exact) mass is 335 g/mol. The van der Waals surface area contributed by atoms with Crippen LogP contribution in [0, 0.1) is 0 Å². The molecule has 0 radical (unpaired) electrons. The zero-order valence-corrected chi connectivity index (χ0v) is 13.9. The first kappa shape index (κ1) is 15.1. The Hall–Kier alpha value is -2.43. The number of aliphatic hydroxyl groups is 1. The number of carbonyl (C=O) groups excluding carboxylic acids is 1. The van der Waals surface area contributed by atoms with Crippen molar-refractivity contribution in [3.63, 3.8) is 0 Å². The molecule has 1 N–H and O–H groups in total. The summed E-state index contributed by atoms with van der Waals surface area (Å²) in [6.07, 6.45) is 0.377. The van der Waals surface area contributed by atoms with Gasteiger partial charge in [0.2, 0.25) is 0 Å². The van der Waals surface area contributed by atoms with Gasteiger partial charge < -0.3 is 10.0 Å². The van der Waals surface area contributed by atoms with Crippen LogP contribution in [0.2, 0.25) is 0 Å². The van der Waals surface area contributed by atoms with Crippen molar-refractivity contribution in [2.75, 3.05) is 0 Å². The van der Waals surface area contributed by atoms with Crippen LogP contribution in [0.15, 0.2) is 72.1 Å². The number of carbonyl (C=O) groups is 1. The Morgan fingerprint density at radius 2 is 1.71 bits per heavy atom. The highest BCUT2D eigenvalue weighted by molar-refractivity contribution is 7.09. The van der Waals surface area contributed by atoms with Crippen molar-refractivity contribution in [3.05, 3.63) is 93.7 Å². The van der Waals surface area contributed by atoms with Crippen LogP contribution in [0.1, 0.15) is 26.4 Å². The van der Waals surface area contributed by atoms with Crippen LogP contribution in [0.4, 0.5) is 0 Å². The minimum atomic E-state index is -1.32. The fourth-order valence-electron chi connectivity index (χ4n) is 3.31. The summed E-state index contributed by atoms with van der Waals surface area (Å²) < 4.78 is 0. The Bertz CT molecular complexity index is 860. The van der Waals surface area contributed by atoms with Crippen molar-refractivity contribution in [2.45, 2.75) is 18.7 Å². The third kappa shape index (κ3) is 2.44. The van der Waals surface area contributed by atoms with Gasteiger partial charge in [-0.25, -0.2) is 0 Å². The third-order valence-electron chi connectivity index (χ3n) is 4.47. The van der Waals surface area contributed by atoms with Gasteiger partial charge in [-0.05, 0) is 23.1 Å². The smallest absolute Gasteiger partial charge is 0.257 e. The fraction of sp³-hybridized carbons (Fsp3) is 0.150. The summed E-state index contributed by atoms with van der Waals surface area (Å²) in [4.78, 5) is 15.6. The van der Waals surface area contributed by atoms with Gasteiger partial charge in [-0.1, -0.05) is 54.6 Å². The Labute approximate surface area is 144 Å². The lowest BCUT2D eigenvalue weighted by molar-refractivity contribution is -0.0874. The fourth-order valence-corrected chi connectivity index (χ4v) is 4.00. The van der Waals surface area contributed by atoms with Gasteiger partial charge in [0.1, 0.15) is 0 Å². The molecule has 1 aromatic heterocycles. The van der Waals surface area contributed by atoms with E-state index in [4.69, 9.17) is 0 Å². The molecular weight excluding hydrogens is 318 g/mol. The molecule has 3 aromatic rings. The summed E-state index contributed by atoms with van der Waals surface area (Å²) >= 11 is 1.59. The average molecular weight is 335 g/mol. The van der Waals surface area contributed by atoms with E-state index in [9.17, 15) is 9.90 Å². The Morgan fingerprint density at radius 1 is 0.958 bits per heavy atom. The maximum Gasteiger partial charge on any atom is 0.257 e. The summed E-state index contributed by atoms with van der Waals surface area (Å²) in [5, 5.41) is 13.5. The number of thiophene rings is 1. The van der Waals surface area contributed by atoms with Crippen molar-refractivity contribution in [2.24, 2.45) is 0 Å². The minimum absolute atomic E-state index is 0.113. The Balaban J connectivity index is 1.78. The minimum Gasteiger partial charge on any atom is -0.366 e. The second-order valence-corrected chi connectivity index (χ2v) is 7.03. The molecule has 2 aromatic carbocycles. The van der Waals surface area contributed by atoms with Crippen molar-refractivity contribution in [1.29, 1.82) is 0 Å². The summed E-state index contributed by atoms with van der Waals surface area (Å²) in [5.74, 6) is -0.113. The van der Waals surface area contributed by atoms with Gasteiger partial charge in [0.05, 0.1) is 6.54 Å². The first-order valence-corrected chi connectivity index (χ1v) is 8.76. The summed E-state index contributed by atoms with van der Waals surface area (Å²) in [6.45, 7) is 0.411. The molecule has 4 heteroatoms. The number of hydrogen-bond donors (Lipinski definition) is 1. The molecular formula is C20H17NO2S. The molecule has 1 aliphatic rings. The van der Waals surface area contributed by atoms with Crippen molar-refractivity contribution in [1.82, 2.24) is 4.90 Å². The number of hydrogen-bond acceptors (Lipinski definition) is 3. The molecule has 120 valence electrons. The first-order chi connectivity index (χ1) is 11.7. The van der Waals surface area contributed by atoms with Crippen LogP contribution < -0.4 is 0 Å². The van der Waals surface area contributed by atoms with Gasteiger partial charge in [-0.2, -0.15) is 0 Å².